The molecule has 3 amide bonds. The molecule has 2 aliphatic rings. The lowest BCUT2D eigenvalue weighted by atomic mass is 9.78. The van der Waals surface area contributed by atoms with Gasteiger partial charge in [-0.2, -0.15) is 0 Å². The molecule has 2 aromatic rings. The van der Waals surface area contributed by atoms with Gasteiger partial charge in [-0.25, -0.2) is 0 Å². The minimum Gasteiger partial charge on any atom is -0.384 e. The monoisotopic (exact) mass is 352 g/mol. The molecular formula is C18H16N4O4. The summed E-state index contributed by atoms with van der Waals surface area (Å²) in [6.07, 6.45) is 0.314. The number of nitrogen functional groups attached to an aromatic ring is 1. The molecule has 0 fully saturated rings. The number of amides is 3. The molecule has 0 unspecified atom stereocenters. The summed E-state index contributed by atoms with van der Waals surface area (Å²) in [7, 11) is 0. The number of hydrogen-bond donors (Lipinski definition) is 3. The molecule has 3 heterocycles. The number of anilines is 2. The zero-order chi connectivity index (χ0) is 18.8. The highest BCUT2D eigenvalue weighted by Crippen LogP contribution is 2.38. The summed E-state index contributed by atoms with van der Waals surface area (Å²) in [5.74, 6) is -1.41. The number of rotatable bonds is 1. The van der Waals surface area contributed by atoms with Gasteiger partial charge in [0.05, 0.1) is 16.8 Å². The van der Waals surface area contributed by atoms with Crippen LogP contribution in [0.1, 0.15) is 46.5 Å². The number of carbonyl (C=O) groups excluding carboxylic acids is 3. The number of hydrogen-bond acceptors (Lipinski definition) is 5. The minimum absolute atomic E-state index is 0.000108. The Labute approximate surface area is 148 Å². The molecule has 1 aromatic carbocycles. The van der Waals surface area contributed by atoms with Gasteiger partial charge in [0.25, 0.3) is 17.4 Å². The molecule has 4 rings (SSSR count). The number of pyridine rings is 1. The standard InChI is InChI=1S/C18H16N4O4/c1-18(2)7-12(23)20-11-4-3-8(5-10(11)18)22-13(24)6-9-14(15(22)19)17(26)21-16(9)25/h3-6H,7,19H2,1-2H3,(H,20,23)(H,21,25,26). The topological polar surface area (TPSA) is 123 Å². The van der Waals surface area contributed by atoms with Gasteiger partial charge in [-0.1, -0.05) is 13.8 Å². The van der Waals surface area contributed by atoms with E-state index in [-0.39, 0.29) is 22.9 Å². The van der Waals surface area contributed by atoms with Crippen LogP contribution in [0.2, 0.25) is 0 Å². The molecule has 0 atom stereocenters. The second-order valence-electron chi connectivity index (χ2n) is 7.11. The van der Waals surface area contributed by atoms with E-state index in [1.54, 1.807) is 18.2 Å². The van der Waals surface area contributed by atoms with E-state index in [4.69, 9.17) is 5.73 Å². The SMILES string of the molecule is CC1(C)CC(=O)Nc2ccc(-n3c(N)c4c(cc3=O)C(=O)NC4=O)cc21. The third kappa shape index (κ3) is 2.15. The van der Waals surface area contributed by atoms with Gasteiger partial charge >= 0.3 is 0 Å². The Bertz CT molecular complexity index is 1080. The number of aromatic nitrogens is 1. The van der Waals surface area contributed by atoms with Crippen molar-refractivity contribution in [3.8, 4) is 5.69 Å². The average Bonchev–Trinajstić information content (AvgIpc) is 2.81. The van der Waals surface area contributed by atoms with Crippen LogP contribution in [0, 0.1) is 0 Å². The summed E-state index contributed by atoms with van der Waals surface area (Å²) in [4.78, 5) is 48.1. The molecule has 0 saturated carbocycles. The Kier molecular flexibility index (Phi) is 3.12. The number of nitrogens with one attached hydrogen (secondary N) is 2. The molecule has 26 heavy (non-hydrogen) atoms. The summed E-state index contributed by atoms with van der Waals surface area (Å²) in [5.41, 5.74) is 7.12. The first-order valence-corrected chi connectivity index (χ1v) is 8.05. The molecule has 2 aliphatic heterocycles. The first kappa shape index (κ1) is 16.1. The summed E-state index contributed by atoms with van der Waals surface area (Å²) < 4.78 is 1.20. The number of nitrogens with zero attached hydrogens (tertiary/aromatic N) is 1. The second-order valence-corrected chi connectivity index (χ2v) is 7.11. The number of imide groups is 1. The third-order valence-electron chi connectivity index (χ3n) is 4.82. The van der Waals surface area contributed by atoms with Crippen molar-refractivity contribution in [1.29, 1.82) is 0 Å². The van der Waals surface area contributed by atoms with E-state index >= 15 is 0 Å². The van der Waals surface area contributed by atoms with Crippen LogP contribution in [-0.2, 0) is 10.2 Å². The zero-order valence-corrected chi connectivity index (χ0v) is 14.2. The quantitative estimate of drug-likeness (QED) is 0.659. The van der Waals surface area contributed by atoms with E-state index < -0.39 is 22.8 Å². The van der Waals surface area contributed by atoms with Crippen LogP contribution in [0.15, 0.2) is 29.1 Å². The Hall–Kier alpha value is -3.42. The average molecular weight is 352 g/mol. The van der Waals surface area contributed by atoms with Crippen molar-refractivity contribution in [3.05, 3.63) is 51.3 Å². The van der Waals surface area contributed by atoms with Crippen LogP contribution in [0.3, 0.4) is 0 Å². The summed E-state index contributed by atoms with van der Waals surface area (Å²) in [6, 6.07) is 6.22. The van der Waals surface area contributed by atoms with Gasteiger partial charge in [-0.05, 0) is 23.8 Å². The second kappa shape index (κ2) is 5.04. The van der Waals surface area contributed by atoms with E-state index in [1.807, 2.05) is 13.8 Å². The molecule has 1 aromatic heterocycles. The predicted octanol–water partition coefficient (Wildman–Crippen LogP) is 0.923. The van der Waals surface area contributed by atoms with Crippen LogP contribution in [0.4, 0.5) is 11.5 Å². The molecule has 4 N–H and O–H groups in total. The molecule has 0 spiro atoms. The highest BCUT2D eigenvalue weighted by atomic mass is 16.2. The normalized spacial score (nSPS) is 17.4. The zero-order valence-electron chi connectivity index (χ0n) is 14.2. The lowest BCUT2D eigenvalue weighted by molar-refractivity contribution is -0.117. The summed E-state index contributed by atoms with van der Waals surface area (Å²) in [5, 5.41) is 4.95. The number of fused-ring (bicyclic) bond motifs is 2. The van der Waals surface area contributed by atoms with Gasteiger partial charge in [0, 0.05) is 23.6 Å². The summed E-state index contributed by atoms with van der Waals surface area (Å²) in [6.45, 7) is 3.88. The van der Waals surface area contributed by atoms with Crippen LogP contribution in [0.25, 0.3) is 5.69 Å². The molecule has 0 saturated heterocycles. The lowest BCUT2D eigenvalue weighted by Crippen LogP contribution is -2.33. The fourth-order valence-corrected chi connectivity index (χ4v) is 3.58. The molecular weight excluding hydrogens is 336 g/mol. The van der Waals surface area contributed by atoms with E-state index in [0.29, 0.717) is 17.8 Å². The van der Waals surface area contributed by atoms with Crippen molar-refractivity contribution in [1.82, 2.24) is 9.88 Å². The van der Waals surface area contributed by atoms with Crippen molar-refractivity contribution in [3.63, 3.8) is 0 Å². The molecule has 132 valence electrons. The maximum atomic E-state index is 12.6. The Morgan fingerprint density at radius 3 is 2.50 bits per heavy atom. The van der Waals surface area contributed by atoms with Crippen molar-refractivity contribution in [2.75, 3.05) is 11.1 Å². The molecule has 8 nitrogen and oxygen atoms in total. The fraction of sp³-hybridized carbons (Fsp3) is 0.222. The van der Waals surface area contributed by atoms with Crippen molar-refractivity contribution >= 4 is 29.2 Å². The maximum absolute atomic E-state index is 12.6. The van der Waals surface area contributed by atoms with Gasteiger partial charge in [0.1, 0.15) is 5.82 Å². The van der Waals surface area contributed by atoms with E-state index in [0.717, 1.165) is 11.6 Å². The first-order valence-electron chi connectivity index (χ1n) is 8.05. The number of carbonyl (C=O) groups is 3. The van der Waals surface area contributed by atoms with Crippen molar-refractivity contribution in [2.24, 2.45) is 0 Å². The van der Waals surface area contributed by atoms with E-state index in [1.165, 1.54) is 4.57 Å². The van der Waals surface area contributed by atoms with Crippen molar-refractivity contribution < 1.29 is 14.4 Å². The van der Waals surface area contributed by atoms with Crippen LogP contribution < -0.4 is 21.9 Å². The van der Waals surface area contributed by atoms with Crippen LogP contribution in [-0.4, -0.2) is 22.3 Å². The number of benzene rings is 1. The molecule has 0 bridgehead atoms. The lowest BCUT2D eigenvalue weighted by Gasteiger charge is -2.32. The van der Waals surface area contributed by atoms with Gasteiger partial charge in [-0.3, -0.25) is 29.1 Å². The molecule has 0 radical (unpaired) electrons. The van der Waals surface area contributed by atoms with Gasteiger partial charge in [0.2, 0.25) is 5.91 Å². The highest BCUT2D eigenvalue weighted by molar-refractivity contribution is 6.23. The minimum atomic E-state index is -0.629. The van der Waals surface area contributed by atoms with Crippen LogP contribution >= 0.6 is 0 Å². The van der Waals surface area contributed by atoms with Gasteiger partial charge in [0.15, 0.2) is 0 Å². The summed E-state index contributed by atoms with van der Waals surface area (Å²) >= 11 is 0. The highest BCUT2D eigenvalue weighted by Gasteiger charge is 2.34. The van der Waals surface area contributed by atoms with Gasteiger partial charge in [-0.15, -0.1) is 0 Å². The fourth-order valence-electron chi connectivity index (χ4n) is 3.58. The van der Waals surface area contributed by atoms with E-state index in [9.17, 15) is 19.2 Å². The molecule has 0 aliphatic carbocycles. The van der Waals surface area contributed by atoms with E-state index in [2.05, 4.69) is 10.6 Å². The third-order valence-corrected chi connectivity index (χ3v) is 4.82. The Balaban J connectivity index is 1.95. The Morgan fingerprint density at radius 2 is 1.77 bits per heavy atom. The van der Waals surface area contributed by atoms with Crippen LogP contribution in [0.5, 0.6) is 0 Å². The maximum Gasteiger partial charge on any atom is 0.262 e. The molecule has 8 heteroatoms. The smallest absolute Gasteiger partial charge is 0.262 e. The first-order chi connectivity index (χ1) is 12.2. The number of nitrogens with two attached hydrogens (primary N) is 1. The largest absolute Gasteiger partial charge is 0.384 e. The van der Waals surface area contributed by atoms with Gasteiger partial charge < -0.3 is 11.1 Å². The predicted molar refractivity (Wildman–Crippen MR) is 94.5 cm³/mol. The Morgan fingerprint density at radius 1 is 1.04 bits per heavy atom. The van der Waals surface area contributed by atoms with Crippen molar-refractivity contribution in [2.45, 2.75) is 25.7 Å².